The van der Waals surface area contributed by atoms with Crippen molar-refractivity contribution in [3.05, 3.63) is 29.8 Å². The quantitative estimate of drug-likeness (QED) is 0.844. The molecule has 1 aromatic carbocycles. The molecule has 17 heavy (non-hydrogen) atoms. The Kier molecular flexibility index (Phi) is 4.97. The molecule has 1 amide bonds. The zero-order valence-electron chi connectivity index (χ0n) is 10.6. The number of carbonyl (C=O) groups is 1. The highest BCUT2D eigenvalue weighted by Gasteiger charge is 2.07. The first kappa shape index (κ1) is 13.5. The van der Waals surface area contributed by atoms with E-state index in [0.29, 0.717) is 12.3 Å². The van der Waals surface area contributed by atoms with E-state index in [1.54, 1.807) is 11.9 Å². The molecule has 2 N–H and O–H groups in total. The molecular formula is C13H20N2O2. The normalized spacial score (nSPS) is 12.0. The monoisotopic (exact) mass is 236 g/mol. The summed E-state index contributed by atoms with van der Waals surface area (Å²) in [5.41, 5.74) is 6.79. The molecule has 94 valence electrons. The van der Waals surface area contributed by atoms with Crippen LogP contribution in [0.2, 0.25) is 0 Å². The lowest BCUT2D eigenvalue weighted by Gasteiger charge is -2.15. The second-order valence-corrected chi connectivity index (χ2v) is 4.05. The van der Waals surface area contributed by atoms with Gasteiger partial charge in [-0.3, -0.25) is 4.79 Å². The molecular weight excluding hydrogens is 216 g/mol. The van der Waals surface area contributed by atoms with Crippen molar-refractivity contribution < 1.29 is 9.53 Å². The van der Waals surface area contributed by atoms with Crippen LogP contribution in [0.5, 0.6) is 5.75 Å². The summed E-state index contributed by atoms with van der Waals surface area (Å²) in [7, 11) is 1.75. The predicted molar refractivity (Wildman–Crippen MR) is 67.9 cm³/mol. The molecule has 1 rings (SSSR count). The van der Waals surface area contributed by atoms with Gasteiger partial charge in [0.15, 0.2) is 6.61 Å². The largest absolute Gasteiger partial charge is 0.484 e. The molecule has 4 nitrogen and oxygen atoms in total. The summed E-state index contributed by atoms with van der Waals surface area (Å²) in [6.45, 7) is 4.61. The summed E-state index contributed by atoms with van der Waals surface area (Å²) >= 11 is 0. The fraction of sp³-hybridized carbons (Fsp3) is 0.462. The third kappa shape index (κ3) is 4.07. The number of nitrogens with two attached hydrogens (primary N) is 1. The number of carbonyl (C=O) groups excluding carboxylic acids is 1. The van der Waals surface area contributed by atoms with Gasteiger partial charge in [0.25, 0.3) is 5.91 Å². The minimum Gasteiger partial charge on any atom is -0.484 e. The Hall–Kier alpha value is -1.55. The summed E-state index contributed by atoms with van der Waals surface area (Å²) in [4.78, 5) is 13.1. The second-order valence-electron chi connectivity index (χ2n) is 4.05. The summed E-state index contributed by atoms with van der Waals surface area (Å²) < 4.78 is 5.39. The number of hydrogen-bond acceptors (Lipinski definition) is 3. The van der Waals surface area contributed by atoms with Gasteiger partial charge in [0.05, 0.1) is 0 Å². The first-order valence-electron chi connectivity index (χ1n) is 5.77. The summed E-state index contributed by atoms with van der Waals surface area (Å²) in [5.74, 6) is 0.663. The summed E-state index contributed by atoms with van der Waals surface area (Å²) in [6.07, 6.45) is 0. The summed E-state index contributed by atoms with van der Waals surface area (Å²) in [5, 5.41) is 0. The van der Waals surface area contributed by atoms with Crippen LogP contribution in [0.1, 0.15) is 25.5 Å². The number of amides is 1. The van der Waals surface area contributed by atoms with Crippen molar-refractivity contribution in [2.75, 3.05) is 20.2 Å². The zero-order chi connectivity index (χ0) is 12.8. The average molecular weight is 236 g/mol. The highest BCUT2D eigenvalue weighted by molar-refractivity contribution is 5.77. The highest BCUT2D eigenvalue weighted by atomic mass is 16.5. The fourth-order valence-electron chi connectivity index (χ4n) is 1.30. The van der Waals surface area contributed by atoms with Gasteiger partial charge in [0.2, 0.25) is 0 Å². The minimum atomic E-state index is -0.0243. The topological polar surface area (TPSA) is 55.6 Å². The lowest BCUT2D eigenvalue weighted by molar-refractivity contribution is -0.131. The van der Waals surface area contributed by atoms with Gasteiger partial charge in [-0.05, 0) is 31.5 Å². The van der Waals surface area contributed by atoms with Crippen molar-refractivity contribution in [3.8, 4) is 5.75 Å². The Morgan fingerprint density at radius 1 is 1.41 bits per heavy atom. The molecule has 0 spiro atoms. The van der Waals surface area contributed by atoms with Crippen molar-refractivity contribution in [3.63, 3.8) is 0 Å². The van der Waals surface area contributed by atoms with Crippen LogP contribution in [0.3, 0.4) is 0 Å². The number of rotatable bonds is 5. The molecule has 0 aromatic heterocycles. The van der Waals surface area contributed by atoms with E-state index in [1.165, 1.54) is 0 Å². The third-order valence-corrected chi connectivity index (χ3v) is 2.67. The van der Waals surface area contributed by atoms with Crippen molar-refractivity contribution in [1.82, 2.24) is 4.90 Å². The van der Waals surface area contributed by atoms with Crippen LogP contribution in [0.25, 0.3) is 0 Å². The standard InChI is InChI=1S/C13H20N2O2/c1-4-15(3)13(16)9-17-12-7-5-11(6-8-12)10(2)14/h5-8,10H,4,9,14H2,1-3H3. The Labute approximate surface area is 102 Å². The fourth-order valence-corrected chi connectivity index (χ4v) is 1.30. The van der Waals surface area contributed by atoms with Gasteiger partial charge in [0, 0.05) is 19.6 Å². The van der Waals surface area contributed by atoms with Gasteiger partial charge >= 0.3 is 0 Å². The Bertz CT molecular complexity index is 360. The summed E-state index contributed by atoms with van der Waals surface area (Å²) in [6, 6.07) is 7.50. The number of hydrogen-bond donors (Lipinski definition) is 1. The molecule has 0 heterocycles. The average Bonchev–Trinajstić information content (AvgIpc) is 2.35. The van der Waals surface area contributed by atoms with Crippen LogP contribution >= 0.6 is 0 Å². The SMILES string of the molecule is CCN(C)C(=O)COc1ccc(C(C)N)cc1. The van der Waals surface area contributed by atoms with Gasteiger partial charge in [-0.15, -0.1) is 0 Å². The van der Waals surface area contributed by atoms with E-state index >= 15 is 0 Å². The van der Waals surface area contributed by atoms with E-state index in [2.05, 4.69) is 0 Å². The molecule has 1 unspecified atom stereocenters. The van der Waals surface area contributed by atoms with Gasteiger partial charge in [-0.1, -0.05) is 12.1 Å². The first-order chi connectivity index (χ1) is 8.04. The maximum absolute atomic E-state index is 11.5. The van der Waals surface area contributed by atoms with Crippen LogP contribution in [0, 0.1) is 0 Å². The number of nitrogens with zero attached hydrogens (tertiary/aromatic N) is 1. The van der Waals surface area contributed by atoms with Gasteiger partial charge in [-0.25, -0.2) is 0 Å². The molecule has 0 bridgehead atoms. The molecule has 4 heteroatoms. The number of likely N-dealkylation sites (N-methyl/N-ethyl adjacent to an activating group) is 1. The number of ether oxygens (including phenoxy) is 1. The molecule has 0 saturated carbocycles. The third-order valence-electron chi connectivity index (χ3n) is 2.67. The van der Waals surface area contributed by atoms with Gasteiger partial charge in [0.1, 0.15) is 5.75 Å². The van der Waals surface area contributed by atoms with Crippen LogP contribution in [0.4, 0.5) is 0 Å². The van der Waals surface area contributed by atoms with Crippen molar-refractivity contribution in [2.45, 2.75) is 19.9 Å². The molecule has 0 aliphatic heterocycles. The van der Waals surface area contributed by atoms with Crippen molar-refractivity contribution in [2.24, 2.45) is 5.73 Å². The van der Waals surface area contributed by atoms with Crippen LogP contribution in [-0.4, -0.2) is 31.0 Å². The Morgan fingerprint density at radius 3 is 2.47 bits per heavy atom. The smallest absolute Gasteiger partial charge is 0.260 e. The maximum atomic E-state index is 11.5. The van der Waals surface area contributed by atoms with E-state index in [1.807, 2.05) is 38.1 Å². The van der Waals surface area contributed by atoms with Crippen LogP contribution < -0.4 is 10.5 Å². The highest BCUT2D eigenvalue weighted by Crippen LogP contribution is 2.15. The lowest BCUT2D eigenvalue weighted by Crippen LogP contribution is -2.31. The molecule has 1 atom stereocenters. The van der Waals surface area contributed by atoms with Crippen molar-refractivity contribution >= 4 is 5.91 Å². The Balaban J connectivity index is 2.50. The molecule has 0 aliphatic rings. The minimum absolute atomic E-state index is 0.0110. The van der Waals surface area contributed by atoms with E-state index in [0.717, 1.165) is 5.56 Å². The Morgan fingerprint density at radius 2 is 2.00 bits per heavy atom. The second kappa shape index (κ2) is 6.25. The van der Waals surface area contributed by atoms with Crippen LogP contribution in [-0.2, 0) is 4.79 Å². The first-order valence-corrected chi connectivity index (χ1v) is 5.77. The van der Waals surface area contributed by atoms with Gasteiger partial charge in [-0.2, -0.15) is 0 Å². The van der Waals surface area contributed by atoms with Gasteiger partial charge < -0.3 is 15.4 Å². The molecule has 1 aromatic rings. The molecule has 0 saturated heterocycles. The van der Waals surface area contributed by atoms with Crippen LogP contribution in [0.15, 0.2) is 24.3 Å². The maximum Gasteiger partial charge on any atom is 0.260 e. The van der Waals surface area contributed by atoms with E-state index < -0.39 is 0 Å². The zero-order valence-corrected chi connectivity index (χ0v) is 10.6. The molecule has 0 radical (unpaired) electrons. The van der Waals surface area contributed by atoms with E-state index in [4.69, 9.17) is 10.5 Å². The number of benzene rings is 1. The molecule has 0 fully saturated rings. The van der Waals surface area contributed by atoms with Crippen molar-refractivity contribution in [1.29, 1.82) is 0 Å². The van der Waals surface area contributed by atoms with E-state index in [-0.39, 0.29) is 18.6 Å². The van der Waals surface area contributed by atoms with E-state index in [9.17, 15) is 4.79 Å². The lowest BCUT2D eigenvalue weighted by atomic mass is 10.1. The molecule has 0 aliphatic carbocycles. The predicted octanol–water partition coefficient (Wildman–Crippen LogP) is 1.56.